The van der Waals surface area contributed by atoms with Gasteiger partial charge in [-0.05, 0) is 11.1 Å². The van der Waals surface area contributed by atoms with E-state index in [9.17, 15) is 4.79 Å². The van der Waals surface area contributed by atoms with Gasteiger partial charge >= 0.3 is 0 Å². The molecule has 3 N–H and O–H groups in total. The Balaban J connectivity index is 1.29. The van der Waals surface area contributed by atoms with Gasteiger partial charge in [-0.1, -0.05) is 48.5 Å². The Hall–Kier alpha value is -2.21. The molecule has 1 saturated heterocycles. The van der Waals surface area contributed by atoms with Crippen molar-refractivity contribution in [2.24, 2.45) is 0 Å². The first-order chi connectivity index (χ1) is 13.8. The predicted octanol–water partition coefficient (Wildman–Crippen LogP) is -0.641. The summed E-state index contributed by atoms with van der Waals surface area (Å²) in [5.74, 6) is 0.142. The summed E-state index contributed by atoms with van der Waals surface area (Å²) in [5, 5.41) is 3.15. The van der Waals surface area contributed by atoms with Crippen molar-refractivity contribution in [1.82, 2.24) is 5.32 Å². The third-order valence-electron chi connectivity index (χ3n) is 5.95. The number of hydrogen-bond donors (Lipinski definition) is 3. The molecule has 2 aromatic rings. The average Bonchev–Trinajstić information content (AvgIpc) is 2.74. The molecular weight excluding hydrogens is 350 g/mol. The van der Waals surface area contributed by atoms with Gasteiger partial charge in [-0.2, -0.15) is 0 Å². The first kappa shape index (κ1) is 19.1. The van der Waals surface area contributed by atoms with Crippen LogP contribution in [0.3, 0.4) is 0 Å². The number of quaternary nitrogens is 2. The fourth-order valence-electron chi connectivity index (χ4n) is 4.29. The molecule has 1 unspecified atom stereocenters. The second-order valence-electron chi connectivity index (χ2n) is 7.96. The van der Waals surface area contributed by atoms with Crippen LogP contribution in [0.4, 0.5) is 0 Å². The number of benzene rings is 2. The molecule has 1 amide bonds. The van der Waals surface area contributed by atoms with E-state index < -0.39 is 0 Å². The minimum absolute atomic E-state index is 0.142. The Morgan fingerprint density at radius 1 is 0.893 bits per heavy atom. The van der Waals surface area contributed by atoms with E-state index in [1.807, 2.05) is 0 Å². The zero-order chi connectivity index (χ0) is 19.2. The molecule has 0 aliphatic carbocycles. The number of nitrogens with one attached hydrogen (secondary N) is 3. The highest BCUT2D eigenvalue weighted by atomic mass is 16.5. The second-order valence-corrected chi connectivity index (χ2v) is 7.96. The molecule has 0 radical (unpaired) electrons. The smallest absolute Gasteiger partial charge is 0.275 e. The summed E-state index contributed by atoms with van der Waals surface area (Å²) in [6.07, 6.45) is 1.06. The van der Waals surface area contributed by atoms with E-state index in [0.717, 1.165) is 52.4 Å². The molecule has 4 rings (SSSR count). The maximum absolute atomic E-state index is 12.5. The van der Waals surface area contributed by atoms with E-state index in [1.54, 1.807) is 4.90 Å². The van der Waals surface area contributed by atoms with Gasteiger partial charge in [0.1, 0.15) is 26.2 Å². The van der Waals surface area contributed by atoms with Crippen LogP contribution in [0, 0.1) is 0 Å². The summed E-state index contributed by atoms with van der Waals surface area (Å²) in [7, 11) is 0. The highest BCUT2D eigenvalue weighted by Crippen LogP contribution is 2.10. The Morgan fingerprint density at radius 3 is 2.43 bits per heavy atom. The van der Waals surface area contributed by atoms with Crippen molar-refractivity contribution in [3.8, 4) is 0 Å². The standard InChI is InChI=1S/C23H29N3O2/c27-23(18-26-10-9-19-5-1-3-7-21(19)17-26)24-15-20-6-2-4-8-22(20)16-25-11-13-28-14-12-25/h1-8H,9-18H2,(H,24,27)/p+2. The summed E-state index contributed by atoms with van der Waals surface area (Å²) >= 11 is 0. The summed E-state index contributed by atoms with van der Waals surface area (Å²) < 4.78 is 5.46. The zero-order valence-corrected chi connectivity index (χ0v) is 16.5. The fourth-order valence-corrected chi connectivity index (χ4v) is 4.29. The van der Waals surface area contributed by atoms with Crippen LogP contribution in [-0.4, -0.2) is 45.3 Å². The second kappa shape index (κ2) is 9.32. The van der Waals surface area contributed by atoms with Crippen LogP contribution in [0.5, 0.6) is 0 Å². The van der Waals surface area contributed by atoms with E-state index in [-0.39, 0.29) is 5.91 Å². The zero-order valence-electron chi connectivity index (χ0n) is 16.5. The van der Waals surface area contributed by atoms with Crippen LogP contribution in [-0.2, 0) is 35.6 Å². The molecular formula is C23H31N3O2+2. The maximum Gasteiger partial charge on any atom is 0.275 e. The largest absolute Gasteiger partial charge is 0.370 e. The van der Waals surface area contributed by atoms with Gasteiger partial charge in [-0.3, -0.25) is 4.79 Å². The first-order valence-electron chi connectivity index (χ1n) is 10.4. The van der Waals surface area contributed by atoms with E-state index in [1.165, 1.54) is 27.2 Å². The Kier molecular flexibility index (Phi) is 6.37. The monoisotopic (exact) mass is 381 g/mol. The third-order valence-corrected chi connectivity index (χ3v) is 5.95. The summed E-state index contributed by atoms with van der Waals surface area (Å²) in [5.41, 5.74) is 5.38. The van der Waals surface area contributed by atoms with Crippen LogP contribution >= 0.6 is 0 Å². The lowest BCUT2D eigenvalue weighted by Crippen LogP contribution is -3.13. The molecule has 0 spiro atoms. The van der Waals surface area contributed by atoms with E-state index >= 15 is 0 Å². The van der Waals surface area contributed by atoms with Crippen molar-refractivity contribution in [2.45, 2.75) is 26.1 Å². The van der Waals surface area contributed by atoms with Gasteiger partial charge < -0.3 is 19.9 Å². The first-order valence-corrected chi connectivity index (χ1v) is 10.4. The highest BCUT2D eigenvalue weighted by Gasteiger charge is 2.21. The van der Waals surface area contributed by atoms with Crippen molar-refractivity contribution in [1.29, 1.82) is 0 Å². The van der Waals surface area contributed by atoms with Gasteiger partial charge in [0, 0.05) is 24.1 Å². The number of fused-ring (bicyclic) bond motifs is 1. The van der Waals surface area contributed by atoms with E-state index in [4.69, 9.17) is 4.74 Å². The topological polar surface area (TPSA) is 47.2 Å². The number of carbonyl (C=O) groups is 1. The minimum Gasteiger partial charge on any atom is -0.370 e. The molecule has 5 nitrogen and oxygen atoms in total. The number of morpholine rings is 1. The molecule has 1 atom stereocenters. The molecule has 2 aliphatic heterocycles. The average molecular weight is 382 g/mol. The van der Waals surface area contributed by atoms with Crippen LogP contribution in [0.15, 0.2) is 48.5 Å². The highest BCUT2D eigenvalue weighted by molar-refractivity contribution is 5.76. The number of ether oxygens (including phenoxy) is 1. The van der Waals surface area contributed by atoms with Gasteiger partial charge in [-0.25, -0.2) is 0 Å². The minimum atomic E-state index is 0.142. The molecule has 0 saturated carbocycles. The van der Waals surface area contributed by atoms with Gasteiger partial charge in [-0.15, -0.1) is 0 Å². The summed E-state index contributed by atoms with van der Waals surface area (Å²) in [4.78, 5) is 15.5. The normalized spacial score (nSPS) is 19.8. The van der Waals surface area contributed by atoms with Crippen molar-refractivity contribution in [3.05, 3.63) is 70.8 Å². The van der Waals surface area contributed by atoms with Crippen molar-refractivity contribution < 1.29 is 19.3 Å². The Morgan fingerprint density at radius 2 is 1.61 bits per heavy atom. The molecule has 2 aromatic carbocycles. The van der Waals surface area contributed by atoms with Crippen LogP contribution in [0.25, 0.3) is 0 Å². The quantitative estimate of drug-likeness (QED) is 0.623. The molecule has 1 fully saturated rings. The lowest BCUT2D eigenvalue weighted by Gasteiger charge is -2.26. The maximum atomic E-state index is 12.5. The molecule has 5 heteroatoms. The summed E-state index contributed by atoms with van der Waals surface area (Å²) in [6.45, 7) is 7.94. The van der Waals surface area contributed by atoms with Crippen molar-refractivity contribution in [2.75, 3.05) is 39.4 Å². The Bertz CT molecular complexity index is 802. The number of rotatable bonds is 6. The molecule has 0 bridgehead atoms. The van der Waals surface area contributed by atoms with Gasteiger partial charge in [0.05, 0.1) is 19.8 Å². The van der Waals surface area contributed by atoms with E-state index in [0.29, 0.717) is 13.1 Å². The number of carbonyl (C=O) groups excluding carboxylic acids is 1. The van der Waals surface area contributed by atoms with Crippen LogP contribution in [0.2, 0.25) is 0 Å². The number of hydrogen-bond acceptors (Lipinski definition) is 2. The van der Waals surface area contributed by atoms with Crippen LogP contribution in [0.1, 0.15) is 22.3 Å². The van der Waals surface area contributed by atoms with Crippen LogP contribution < -0.4 is 15.1 Å². The van der Waals surface area contributed by atoms with E-state index in [2.05, 4.69) is 53.8 Å². The SMILES string of the molecule is O=C(C[NH+]1CCc2ccccc2C1)NCc1ccccc1C[NH+]1CCOCC1. The molecule has 28 heavy (non-hydrogen) atoms. The lowest BCUT2D eigenvalue weighted by molar-refractivity contribution is -0.921. The summed E-state index contributed by atoms with van der Waals surface area (Å²) in [6, 6.07) is 17.1. The fraction of sp³-hybridized carbons (Fsp3) is 0.435. The van der Waals surface area contributed by atoms with Crippen molar-refractivity contribution in [3.63, 3.8) is 0 Å². The van der Waals surface area contributed by atoms with Crippen molar-refractivity contribution >= 4 is 5.91 Å². The lowest BCUT2D eigenvalue weighted by atomic mass is 10.00. The molecule has 2 heterocycles. The molecule has 148 valence electrons. The van der Waals surface area contributed by atoms with Gasteiger partial charge in [0.15, 0.2) is 6.54 Å². The molecule has 0 aromatic heterocycles. The predicted molar refractivity (Wildman–Crippen MR) is 108 cm³/mol. The molecule has 2 aliphatic rings. The van der Waals surface area contributed by atoms with Gasteiger partial charge in [0.25, 0.3) is 5.91 Å². The van der Waals surface area contributed by atoms with Gasteiger partial charge in [0.2, 0.25) is 0 Å². The third kappa shape index (κ3) is 4.98. The Labute approximate surface area is 167 Å². The number of amides is 1.